The van der Waals surface area contributed by atoms with E-state index in [1.54, 1.807) is 0 Å². The second-order valence-electron chi connectivity index (χ2n) is 5.77. The lowest BCUT2D eigenvalue weighted by Crippen LogP contribution is -2.42. The standard InChI is InChI=1S/C15H26N4O/c1-5-7-16-14-11(3)15(18-12(4)17-14)19-8-6-13(20)10(2)9-19/h10,13,20H,5-9H2,1-4H3,(H,16,17,18). The fourth-order valence-corrected chi connectivity index (χ4v) is 2.66. The lowest BCUT2D eigenvalue weighted by molar-refractivity contribution is 0.0968. The van der Waals surface area contributed by atoms with Gasteiger partial charge in [-0.2, -0.15) is 0 Å². The van der Waals surface area contributed by atoms with Gasteiger partial charge in [-0.05, 0) is 32.6 Å². The lowest BCUT2D eigenvalue weighted by Gasteiger charge is -2.36. The first-order chi connectivity index (χ1) is 9.52. The molecule has 1 aromatic rings. The Hall–Kier alpha value is -1.36. The number of anilines is 2. The molecule has 1 aliphatic heterocycles. The van der Waals surface area contributed by atoms with Gasteiger partial charge in [0.05, 0.1) is 6.10 Å². The molecule has 1 fully saturated rings. The number of nitrogens with one attached hydrogen (secondary N) is 1. The summed E-state index contributed by atoms with van der Waals surface area (Å²) in [4.78, 5) is 11.4. The predicted octanol–water partition coefficient (Wildman–Crippen LogP) is 2.12. The van der Waals surface area contributed by atoms with Gasteiger partial charge < -0.3 is 15.3 Å². The molecule has 2 unspecified atom stereocenters. The number of aryl methyl sites for hydroxylation is 1. The van der Waals surface area contributed by atoms with Crippen molar-refractivity contribution >= 4 is 11.6 Å². The lowest BCUT2D eigenvalue weighted by atomic mass is 9.96. The van der Waals surface area contributed by atoms with E-state index in [9.17, 15) is 5.11 Å². The van der Waals surface area contributed by atoms with Crippen LogP contribution in [0.25, 0.3) is 0 Å². The van der Waals surface area contributed by atoms with E-state index in [2.05, 4.69) is 41.0 Å². The molecule has 0 spiro atoms. The third-order valence-corrected chi connectivity index (χ3v) is 3.93. The third kappa shape index (κ3) is 3.20. The summed E-state index contributed by atoms with van der Waals surface area (Å²) in [5, 5.41) is 13.2. The second kappa shape index (κ2) is 6.39. The van der Waals surface area contributed by atoms with Crippen molar-refractivity contribution in [3.8, 4) is 0 Å². The van der Waals surface area contributed by atoms with Crippen LogP contribution in [0, 0.1) is 19.8 Å². The van der Waals surface area contributed by atoms with Crippen molar-refractivity contribution in [2.45, 2.75) is 46.6 Å². The highest BCUT2D eigenvalue weighted by Gasteiger charge is 2.26. The molecule has 0 aliphatic carbocycles. The van der Waals surface area contributed by atoms with Crippen LogP contribution >= 0.6 is 0 Å². The van der Waals surface area contributed by atoms with Crippen LogP contribution in [-0.4, -0.2) is 40.8 Å². The number of piperidine rings is 1. The third-order valence-electron chi connectivity index (χ3n) is 3.93. The number of aliphatic hydroxyl groups is 1. The van der Waals surface area contributed by atoms with Crippen LogP contribution in [0.2, 0.25) is 0 Å². The fourth-order valence-electron chi connectivity index (χ4n) is 2.66. The summed E-state index contributed by atoms with van der Waals surface area (Å²) in [5.74, 6) is 3.02. The van der Waals surface area contributed by atoms with Gasteiger partial charge in [-0.15, -0.1) is 0 Å². The normalized spacial score (nSPS) is 22.9. The van der Waals surface area contributed by atoms with E-state index in [1.807, 2.05) is 6.92 Å². The highest BCUT2D eigenvalue weighted by atomic mass is 16.3. The molecule has 5 heteroatoms. The Morgan fingerprint density at radius 2 is 2.10 bits per heavy atom. The molecular formula is C15H26N4O. The van der Waals surface area contributed by atoms with Gasteiger partial charge in [0.15, 0.2) is 0 Å². The predicted molar refractivity (Wildman–Crippen MR) is 82.3 cm³/mol. The van der Waals surface area contributed by atoms with Gasteiger partial charge in [0, 0.05) is 25.2 Å². The molecule has 0 saturated carbocycles. The summed E-state index contributed by atoms with van der Waals surface area (Å²) in [6.45, 7) is 10.9. The Bertz CT molecular complexity index is 463. The molecule has 0 bridgehead atoms. The summed E-state index contributed by atoms with van der Waals surface area (Å²) in [7, 11) is 0. The van der Waals surface area contributed by atoms with Crippen molar-refractivity contribution in [2.24, 2.45) is 5.92 Å². The van der Waals surface area contributed by atoms with E-state index in [4.69, 9.17) is 0 Å². The molecule has 0 amide bonds. The minimum Gasteiger partial charge on any atom is -0.393 e. The molecule has 2 atom stereocenters. The molecule has 1 aliphatic rings. The van der Waals surface area contributed by atoms with E-state index >= 15 is 0 Å². The van der Waals surface area contributed by atoms with Crippen LogP contribution in [-0.2, 0) is 0 Å². The fraction of sp³-hybridized carbons (Fsp3) is 0.733. The van der Waals surface area contributed by atoms with Crippen molar-refractivity contribution in [2.75, 3.05) is 29.9 Å². The topological polar surface area (TPSA) is 61.3 Å². The first-order valence-electron chi connectivity index (χ1n) is 7.55. The molecule has 2 heterocycles. The first kappa shape index (κ1) is 15.0. The summed E-state index contributed by atoms with van der Waals surface area (Å²) < 4.78 is 0. The van der Waals surface area contributed by atoms with E-state index in [0.29, 0.717) is 0 Å². The van der Waals surface area contributed by atoms with Gasteiger partial charge in [-0.3, -0.25) is 0 Å². The molecule has 112 valence electrons. The van der Waals surface area contributed by atoms with Crippen molar-refractivity contribution in [1.29, 1.82) is 0 Å². The zero-order valence-corrected chi connectivity index (χ0v) is 13.0. The highest BCUT2D eigenvalue weighted by Crippen LogP contribution is 2.27. The van der Waals surface area contributed by atoms with E-state index in [0.717, 1.165) is 55.5 Å². The molecule has 1 saturated heterocycles. The molecule has 1 aromatic heterocycles. The number of aliphatic hydroxyl groups excluding tert-OH is 1. The molecule has 0 aromatic carbocycles. The minimum absolute atomic E-state index is 0.188. The van der Waals surface area contributed by atoms with Gasteiger partial charge >= 0.3 is 0 Å². The zero-order chi connectivity index (χ0) is 14.7. The Morgan fingerprint density at radius 1 is 1.35 bits per heavy atom. The van der Waals surface area contributed by atoms with Gasteiger partial charge in [-0.1, -0.05) is 13.8 Å². The molecule has 2 N–H and O–H groups in total. The number of rotatable bonds is 4. The summed E-state index contributed by atoms with van der Waals surface area (Å²) in [6.07, 6.45) is 1.69. The van der Waals surface area contributed by atoms with Crippen molar-refractivity contribution in [3.05, 3.63) is 11.4 Å². The van der Waals surface area contributed by atoms with Gasteiger partial charge in [0.25, 0.3) is 0 Å². The van der Waals surface area contributed by atoms with Crippen LogP contribution < -0.4 is 10.2 Å². The Balaban J connectivity index is 2.24. The van der Waals surface area contributed by atoms with Crippen LogP contribution in [0.1, 0.15) is 38.1 Å². The maximum atomic E-state index is 9.87. The van der Waals surface area contributed by atoms with E-state index in [1.165, 1.54) is 0 Å². The first-order valence-corrected chi connectivity index (χ1v) is 7.55. The molecule has 5 nitrogen and oxygen atoms in total. The number of hydrogen-bond donors (Lipinski definition) is 2. The summed E-state index contributed by atoms with van der Waals surface area (Å²) in [6, 6.07) is 0. The van der Waals surface area contributed by atoms with E-state index < -0.39 is 0 Å². The SMILES string of the molecule is CCCNc1nc(C)nc(N2CCC(O)C(C)C2)c1C. The van der Waals surface area contributed by atoms with Crippen molar-refractivity contribution in [3.63, 3.8) is 0 Å². The van der Waals surface area contributed by atoms with Gasteiger partial charge in [0.2, 0.25) is 0 Å². The van der Waals surface area contributed by atoms with Gasteiger partial charge in [-0.25, -0.2) is 9.97 Å². The second-order valence-corrected chi connectivity index (χ2v) is 5.77. The molecule has 0 radical (unpaired) electrons. The average Bonchev–Trinajstić information content (AvgIpc) is 2.42. The number of nitrogens with zero attached hydrogens (tertiary/aromatic N) is 3. The van der Waals surface area contributed by atoms with E-state index in [-0.39, 0.29) is 12.0 Å². The summed E-state index contributed by atoms with van der Waals surface area (Å²) >= 11 is 0. The van der Waals surface area contributed by atoms with Crippen LogP contribution in [0.4, 0.5) is 11.6 Å². The van der Waals surface area contributed by atoms with Crippen LogP contribution in [0.5, 0.6) is 0 Å². The van der Waals surface area contributed by atoms with Crippen molar-refractivity contribution in [1.82, 2.24) is 9.97 Å². The quantitative estimate of drug-likeness (QED) is 0.883. The number of hydrogen-bond acceptors (Lipinski definition) is 5. The monoisotopic (exact) mass is 278 g/mol. The number of aromatic nitrogens is 2. The smallest absolute Gasteiger partial charge is 0.137 e. The van der Waals surface area contributed by atoms with Crippen LogP contribution in [0.15, 0.2) is 0 Å². The zero-order valence-electron chi connectivity index (χ0n) is 13.0. The highest BCUT2D eigenvalue weighted by molar-refractivity contribution is 5.58. The molecule has 2 rings (SSSR count). The maximum absolute atomic E-state index is 9.87. The Morgan fingerprint density at radius 3 is 2.75 bits per heavy atom. The maximum Gasteiger partial charge on any atom is 0.137 e. The van der Waals surface area contributed by atoms with Crippen molar-refractivity contribution < 1.29 is 5.11 Å². The minimum atomic E-state index is -0.188. The molecular weight excluding hydrogens is 252 g/mol. The van der Waals surface area contributed by atoms with Gasteiger partial charge in [0.1, 0.15) is 17.5 Å². The largest absolute Gasteiger partial charge is 0.393 e. The Kier molecular flexibility index (Phi) is 4.81. The Labute approximate surface area is 121 Å². The molecule has 20 heavy (non-hydrogen) atoms. The average molecular weight is 278 g/mol. The summed E-state index contributed by atoms with van der Waals surface area (Å²) in [5.41, 5.74) is 1.10. The van der Waals surface area contributed by atoms with Crippen LogP contribution in [0.3, 0.4) is 0 Å².